The number of hydrogen-bond donors (Lipinski definition) is 1. The van der Waals surface area contributed by atoms with E-state index in [2.05, 4.69) is 26.0 Å². The molecule has 0 aliphatic carbocycles. The fourth-order valence-corrected chi connectivity index (χ4v) is 2.78. The van der Waals surface area contributed by atoms with Crippen molar-refractivity contribution in [1.29, 1.82) is 0 Å². The lowest BCUT2D eigenvalue weighted by Gasteiger charge is -2.43. The zero-order chi connectivity index (χ0) is 13.2. The van der Waals surface area contributed by atoms with Crippen LogP contribution in [-0.4, -0.2) is 32.0 Å². The molecule has 0 amide bonds. The van der Waals surface area contributed by atoms with Gasteiger partial charge in [0.15, 0.2) is 0 Å². The highest BCUT2D eigenvalue weighted by Crippen LogP contribution is 2.40. The van der Waals surface area contributed by atoms with Gasteiger partial charge in [0.1, 0.15) is 5.75 Å². The maximum Gasteiger partial charge on any atom is 0.122 e. The molecule has 3 heteroatoms. The Morgan fingerprint density at radius 3 is 2.50 bits per heavy atom. The van der Waals surface area contributed by atoms with Crippen LogP contribution in [0.5, 0.6) is 5.75 Å². The molecule has 18 heavy (non-hydrogen) atoms. The normalized spacial score (nSPS) is 17.3. The van der Waals surface area contributed by atoms with Crippen LogP contribution in [0.15, 0.2) is 12.1 Å². The molecule has 0 spiro atoms. The molecule has 1 heterocycles. The van der Waals surface area contributed by atoms with Crippen LogP contribution < -0.4 is 4.74 Å². The van der Waals surface area contributed by atoms with Crippen LogP contribution in [0, 0.1) is 13.8 Å². The lowest BCUT2D eigenvalue weighted by atomic mass is 9.73. The van der Waals surface area contributed by atoms with Gasteiger partial charge in [-0.1, -0.05) is 6.07 Å². The van der Waals surface area contributed by atoms with Gasteiger partial charge in [0, 0.05) is 12.0 Å². The highest BCUT2D eigenvalue weighted by molar-refractivity contribution is 5.45. The average molecular weight is 250 g/mol. The Morgan fingerprint density at radius 2 is 2.00 bits per heavy atom. The van der Waals surface area contributed by atoms with Gasteiger partial charge in [0.05, 0.1) is 20.3 Å². The molecule has 0 atom stereocenters. The first-order valence-corrected chi connectivity index (χ1v) is 6.47. The lowest BCUT2D eigenvalue weighted by Crippen LogP contribution is -2.47. The summed E-state index contributed by atoms with van der Waals surface area (Å²) in [6.45, 7) is 5.96. The molecule has 1 N–H and O–H groups in total. The zero-order valence-electron chi connectivity index (χ0n) is 11.5. The Balaban J connectivity index is 2.34. The van der Waals surface area contributed by atoms with E-state index in [1.165, 1.54) is 11.1 Å². The van der Waals surface area contributed by atoms with Crippen LogP contribution in [0.4, 0.5) is 0 Å². The van der Waals surface area contributed by atoms with Crippen molar-refractivity contribution in [2.45, 2.75) is 32.1 Å². The first-order valence-electron chi connectivity index (χ1n) is 6.47. The Labute approximate surface area is 109 Å². The van der Waals surface area contributed by atoms with Crippen LogP contribution in [0.3, 0.4) is 0 Å². The van der Waals surface area contributed by atoms with E-state index in [9.17, 15) is 0 Å². The Hall–Kier alpha value is -1.06. The molecule has 1 aromatic carbocycles. The molecule has 2 rings (SSSR count). The van der Waals surface area contributed by atoms with Gasteiger partial charge in [0.25, 0.3) is 0 Å². The SMILES string of the molecule is COc1cc(C)c(C2(CCCO)COC2)cc1C. The summed E-state index contributed by atoms with van der Waals surface area (Å²) in [7, 11) is 1.70. The molecule has 0 unspecified atom stereocenters. The number of aliphatic hydroxyl groups excluding tert-OH is 1. The van der Waals surface area contributed by atoms with E-state index in [0.717, 1.165) is 37.4 Å². The van der Waals surface area contributed by atoms with Crippen LogP contribution in [0.1, 0.15) is 29.5 Å². The summed E-state index contributed by atoms with van der Waals surface area (Å²) in [5.74, 6) is 0.939. The van der Waals surface area contributed by atoms with E-state index >= 15 is 0 Å². The van der Waals surface area contributed by atoms with Crippen molar-refractivity contribution in [2.75, 3.05) is 26.9 Å². The Bertz CT molecular complexity index is 422. The number of ether oxygens (including phenoxy) is 2. The highest BCUT2D eigenvalue weighted by Gasteiger charge is 2.40. The van der Waals surface area contributed by atoms with Crippen molar-refractivity contribution in [3.05, 3.63) is 28.8 Å². The summed E-state index contributed by atoms with van der Waals surface area (Å²) < 4.78 is 10.8. The molecule has 3 nitrogen and oxygen atoms in total. The number of aliphatic hydroxyl groups is 1. The molecule has 0 bridgehead atoms. The number of aryl methyl sites for hydroxylation is 2. The second kappa shape index (κ2) is 5.29. The minimum absolute atomic E-state index is 0.101. The predicted octanol–water partition coefficient (Wildman–Crippen LogP) is 2.35. The van der Waals surface area contributed by atoms with Crippen molar-refractivity contribution in [2.24, 2.45) is 0 Å². The van der Waals surface area contributed by atoms with Gasteiger partial charge in [-0.05, 0) is 49.4 Å². The fourth-order valence-electron chi connectivity index (χ4n) is 2.78. The van der Waals surface area contributed by atoms with Gasteiger partial charge in [-0.25, -0.2) is 0 Å². The molecule has 1 saturated heterocycles. The summed E-state index contributed by atoms with van der Waals surface area (Å²) >= 11 is 0. The molecule has 1 fully saturated rings. The molecule has 1 aliphatic heterocycles. The lowest BCUT2D eigenvalue weighted by molar-refractivity contribution is -0.0668. The summed E-state index contributed by atoms with van der Waals surface area (Å²) in [4.78, 5) is 0. The number of methoxy groups -OCH3 is 1. The third-order valence-electron chi connectivity index (χ3n) is 3.88. The van der Waals surface area contributed by atoms with Gasteiger partial charge in [-0.2, -0.15) is 0 Å². The van der Waals surface area contributed by atoms with Gasteiger partial charge in [-0.15, -0.1) is 0 Å². The second-order valence-electron chi connectivity index (χ2n) is 5.24. The van der Waals surface area contributed by atoms with Crippen LogP contribution in [-0.2, 0) is 10.2 Å². The molecule has 0 radical (unpaired) electrons. The first-order chi connectivity index (χ1) is 8.63. The summed E-state index contributed by atoms with van der Waals surface area (Å²) in [5.41, 5.74) is 3.86. The smallest absolute Gasteiger partial charge is 0.122 e. The quantitative estimate of drug-likeness (QED) is 0.872. The Kier molecular flexibility index (Phi) is 3.93. The number of benzene rings is 1. The van der Waals surface area contributed by atoms with Gasteiger partial charge >= 0.3 is 0 Å². The highest BCUT2D eigenvalue weighted by atomic mass is 16.5. The van der Waals surface area contributed by atoms with Gasteiger partial charge in [0.2, 0.25) is 0 Å². The van der Waals surface area contributed by atoms with Gasteiger partial charge < -0.3 is 14.6 Å². The van der Waals surface area contributed by atoms with E-state index in [0.29, 0.717) is 0 Å². The maximum atomic E-state index is 9.04. The predicted molar refractivity (Wildman–Crippen MR) is 71.3 cm³/mol. The molecule has 0 aromatic heterocycles. The molecule has 100 valence electrons. The van der Waals surface area contributed by atoms with Crippen molar-refractivity contribution in [3.8, 4) is 5.75 Å². The maximum absolute atomic E-state index is 9.04. The first kappa shape index (κ1) is 13.4. The van der Waals surface area contributed by atoms with Crippen molar-refractivity contribution < 1.29 is 14.6 Å². The summed E-state index contributed by atoms with van der Waals surface area (Å²) in [5, 5.41) is 9.04. The van der Waals surface area contributed by atoms with Crippen LogP contribution in [0.2, 0.25) is 0 Å². The monoisotopic (exact) mass is 250 g/mol. The third kappa shape index (κ3) is 2.25. The van der Waals surface area contributed by atoms with Crippen molar-refractivity contribution in [3.63, 3.8) is 0 Å². The molecular formula is C15H22O3. The third-order valence-corrected chi connectivity index (χ3v) is 3.88. The summed E-state index contributed by atoms with van der Waals surface area (Å²) in [6.07, 6.45) is 1.81. The molecule has 1 aromatic rings. The molecule has 0 saturated carbocycles. The van der Waals surface area contributed by atoms with E-state index in [1.54, 1.807) is 7.11 Å². The van der Waals surface area contributed by atoms with E-state index in [4.69, 9.17) is 14.6 Å². The standard InChI is InChI=1S/C15H22O3/c1-11-8-14(17-3)12(2)7-13(11)15(5-4-6-16)9-18-10-15/h7-8,16H,4-6,9-10H2,1-3H3. The number of hydrogen-bond acceptors (Lipinski definition) is 3. The topological polar surface area (TPSA) is 38.7 Å². The zero-order valence-corrected chi connectivity index (χ0v) is 11.5. The average Bonchev–Trinajstić information content (AvgIpc) is 2.31. The van der Waals surface area contributed by atoms with Crippen LogP contribution in [0.25, 0.3) is 0 Å². The van der Waals surface area contributed by atoms with E-state index < -0.39 is 0 Å². The fraction of sp³-hybridized carbons (Fsp3) is 0.600. The molecular weight excluding hydrogens is 228 g/mol. The minimum atomic E-state index is 0.101. The summed E-state index contributed by atoms with van der Waals surface area (Å²) in [6, 6.07) is 4.32. The number of rotatable bonds is 5. The largest absolute Gasteiger partial charge is 0.496 e. The van der Waals surface area contributed by atoms with Crippen molar-refractivity contribution in [1.82, 2.24) is 0 Å². The molecule has 1 aliphatic rings. The second-order valence-corrected chi connectivity index (χ2v) is 5.24. The van der Waals surface area contributed by atoms with Gasteiger partial charge in [-0.3, -0.25) is 0 Å². The van der Waals surface area contributed by atoms with E-state index in [1.807, 2.05) is 0 Å². The van der Waals surface area contributed by atoms with E-state index in [-0.39, 0.29) is 12.0 Å². The van der Waals surface area contributed by atoms with Crippen molar-refractivity contribution >= 4 is 0 Å². The minimum Gasteiger partial charge on any atom is -0.496 e. The Morgan fingerprint density at radius 1 is 1.28 bits per heavy atom. The van der Waals surface area contributed by atoms with Crippen LogP contribution >= 0.6 is 0 Å².